The summed E-state index contributed by atoms with van der Waals surface area (Å²) in [6.07, 6.45) is 4.06. The number of nitrogens with zero attached hydrogens (tertiary/aromatic N) is 3. The van der Waals surface area contributed by atoms with Crippen LogP contribution in [0.2, 0.25) is 0 Å². The summed E-state index contributed by atoms with van der Waals surface area (Å²) in [7, 11) is 2.12. The van der Waals surface area contributed by atoms with Crippen LogP contribution in [-0.4, -0.2) is 53.7 Å². The highest BCUT2D eigenvalue weighted by Crippen LogP contribution is 2.29. The number of rotatable bonds is 2. The average molecular weight is 289 g/mol. The standard InChI is InChI=1S/C16H23N3O2/c1-11-10-18(2)7-4-8-19(11)15-13(16(20)21)9-12-5-3-6-14(12)17-15/h9,11H,3-8,10H2,1-2H3,(H,20,21). The Morgan fingerprint density at radius 3 is 2.90 bits per heavy atom. The Labute approximate surface area is 125 Å². The normalized spacial score (nSPS) is 23.0. The number of anilines is 1. The summed E-state index contributed by atoms with van der Waals surface area (Å²) in [5.41, 5.74) is 2.59. The zero-order valence-electron chi connectivity index (χ0n) is 12.8. The molecule has 1 N–H and O–H groups in total. The van der Waals surface area contributed by atoms with Gasteiger partial charge in [0.25, 0.3) is 0 Å². The molecule has 1 aliphatic carbocycles. The van der Waals surface area contributed by atoms with E-state index in [4.69, 9.17) is 4.98 Å². The molecule has 1 aromatic heterocycles. The highest BCUT2D eigenvalue weighted by molar-refractivity contribution is 5.93. The number of likely N-dealkylation sites (N-methyl/N-ethyl adjacent to an activating group) is 1. The van der Waals surface area contributed by atoms with Crippen LogP contribution < -0.4 is 4.90 Å². The van der Waals surface area contributed by atoms with Gasteiger partial charge >= 0.3 is 5.97 Å². The fourth-order valence-electron chi connectivity index (χ4n) is 3.52. The summed E-state index contributed by atoms with van der Waals surface area (Å²) >= 11 is 0. The highest BCUT2D eigenvalue weighted by Gasteiger charge is 2.27. The lowest BCUT2D eigenvalue weighted by Crippen LogP contribution is -2.39. The molecule has 1 fully saturated rings. The number of aromatic nitrogens is 1. The maximum absolute atomic E-state index is 11.6. The molecule has 0 radical (unpaired) electrons. The zero-order chi connectivity index (χ0) is 15.0. The van der Waals surface area contributed by atoms with E-state index in [1.54, 1.807) is 0 Å². The second-order valence-corrected chi connectivity index (χ2v) is 6.28. The quantitative estimate of drug-likeness (QED) is 0.899. The third-order valence-corrected chi connectivity index (χ3v) is 4.58. The van der Waals surface area contributed by atoms with Crippen LogP contribution in [0.4, 0.5) is 5.82 Å². The van der Waals surface area contributed by atoms with Crippen molar-refractivity contribution in [1.29, 1.82) is 0 Å². The molecule has 2 aliphatic rings. The number of carboxylic acid groups (broad SMARTS) is 1. The Balaban J connectivity index is 2.01. The molecular formula is C16H23N3O2. The molecule has 1 aliphatic heterocycles. The van der Waals surface area contributed by atoms with Crippen molar-refractivity contribution < 1.29 is 9.90 Å². The van der Waals surface area contributed by atoms with Crippen molar-refractivity contribution in [1.82, 2.24) is 9.88 Å². The molecule has 2 heterocycles. The summed E-state index contributed by atoms with van der Waals surface area (Å²) in [6, 6.07) is 2.14. The largest absolute Gasteiger partial charge is 0.478 e. The molecule has 3 rings (SSSR count). The minimum absolute atomic E-state index is 0.280. The van der Waals surface area contributed by atoms with E-state index in [2.05, 4.69) is 23.8 Å². The summed E-state index contributed by atoms with van der Waals surface area (Å²) < 4.78 is 0. The van der Waals surface area contributed by atoms with Crippen molar-refractivity contribution in [3.63, 3.8) is 0 Å². The van der Waals surface area contributed by atoms with E-state index in [0.29, 0.717) is 11.4 Å². The fourth-order valence-corrected chi connectivity index (χ4v) is 3.52. The first kappa shape index (κ1) is 14.3. The van der Waals surface area contributed by atoms with Gasteiger partial charge in [-0.2, -0.15) is 0 Å². The summed E-state index contributed by atoms with van der Waals surface area (Å²) in [4.78, 5) is 20.9. The molecule has 1 saturated heterocycles. The van der Waals surface area contributed by atoms with Crippen LogP contribution in [0.1, 0.15) is 41.4 Å². The predicted octanol–water partition coefficient (Wildman–Crippen LogP) is 1.80. The van der Waals surface area contributed by atoms with Crippen LogP contribution >= 0.6 is 0 Å². The lowest BCUT2D eigenvalue weighted by molar-refractivity contribution is 0.0697. The van der Waals surface area contributed by atoms with Crippen molar-refractivity contribution >= 4 is 11.8 Å². The Morgan fingerprint density at radius 2 is 2.14 bits per heavy atom. The van der Waals surface area contributed by atoms with Gasteiger partial charge in [-0.15, -0.1) is 0 Å². The Morgan fingerprint density at radius 1 is 1.33 bits per heavy atom. The van der Waals surface area contributed by atoms with E-state index in [1.165, 1.54) is 0 Å². The molecule has 0 bridgehead atoms. The minimum atomic E-state index is -0.864. The monoisotopic (exact) mass is 289 g/mol. The van der Waals surface area contributed by atoms with Gasteiger partial charge in [-0.3, -0.25) is 0 Å². The van der Waals surface area contributed by atoms with Gasteiger partial charge in [0.2, 0.25) is 0 Å². The zero-order valence-corrected chi connectivity index (χ0v) is 12.8. The van der Waals surface area contributed by atoms with E-state index in [9.17, 15) is 9.90 Å². The number of pyridine rings is 1. The van der Waals surface area contributed by atoms with Crippen molar-refractivity contribution in [3.8, 4) is 0 Å². The third-order valence-electron chi connectivity index (χ3n) is 4.58. The van der Waals surface area contributed by atoms with E-state index in [0.717, 1.165) is 56.6 Å². The van der Waals surface area contributed by atoms with Crippen molar-refractivity contribution in [2.45, 2.75) is 38.6 Å². The van der Waals surface area contributed by atoms with Gasteiger partial charge in [0.1, 0.15) is 11.4 Å². The minimum Gasteiger partial charge on any atom is -0.478 e. The van der Waals surface area contributed by atoms with Crippen molar-refractivity contribution in [2.24, 2.45) is 0 Å². The van der Waals surface area contributed by atoms with Crippen molar-refractivity contribution in [3.05, 3.63) is 22.9 Å². The lowest BCUT2D eigenvalue weighted by atomic mass is 10.1. The Bertz CT molecular complexity index is 559. The van der Waals surface area contributed by atoms with Crippen LogP contribution in [0.15, 0.2) is 6.07 Å². The van der Waals surface area contributed by atoms with Crippen LogP contribution in [0.5, 0.6) is 0 Å². The molecule has 5 heteroatoms. The molecule has 0 spiro atoms. The molecule has 114 valence electrons. The molecule has 0 amide bonds. The van der Waals surface area contributed by atoms with Gasteiger partial charge in [0.05, 0.1) is 0 Å². The first-order chi connectivity index (χ1) is 10.1. The topological polar surface area (TPSA) is 56.7 Å². The van der Waals surface area contributed by atoms with E-state index >= 15 is 0 Å². The molecule has 1 atom stereocenters. The Hall–Kier alpha value is -1.62. The third kappa shape index (κ3) is 2.75. The second kappa shape index (κ2) is 5.64. The summed E-state index contributed by atoms with van der Waals surface area (Å²) in [6.45, 7) is 5.02. The fraction of sp³-hybridized carbons (Fsp3) is 0.625. The maximum Gasteiger partial charge on any atom is 0.339 e. The van der Waals surface area contributed by atoms with Gasteiger partial charge in [-0.25, -0.2) is 9.78 Å². The lowest BCUT2D eigenvalue weighted by Gasteiger charge is -2.30. The number of fused-ring (bicyclic) bond motifs is 1. The molecule has 0 saturated carbocycles. The summed E-state index contributed by atoms with van der Waals surface area (Å²) in [5.74, 6) is -0.192. The Kier molecular flexibility index (Phi) is 3.85. The number of hydrogen-bond acceptors (Lipinski definition) is 4. The van der Waals surface area contributed by atoms with Gasteiger partial charge < -0.3 is 14.9 Å². The molecule has 1 unspecified atom stereocenters. The number of carbonyl (C=O) groups is 1. The van der Waals surface area contributed by atoms with Gasteiger partial charge in [-0.1, -0.05) is 0 Å². The SMILES string of the molecule is CC1CN(C)CCCN1c1nc2c(cc1C(=O)O)CCC2. The van der Waals surface area contributed by atoms with Gasteiger partial charge in [0.15, 0.2) is 0 Å². The van der Waals surface area contributed by atoms with Gasteiger partial charge in [-0.05, 0) is 57.8 Å². The second-order valence-electron chi connectivity index (χ2n) is 6.28. The number of aryl methyl sites for hydroxylation is 2. The van der Waals surface area contributed by atoms with Crippen molar-refractivity contribution in [2.75, 3.05) is 31.6 Å². The number of carboxylic acids is 1. The first-order valence-electron chi connectivity index (χ1n) is 7.77. The van der Waals surface area contributed by atoms with Crippen LogP contribution in [0.3, 0.4) is 0 Å². The summed E-state index contributed by atoms with van der Waals surface area (Å²) in [5, 5.41) is 9.56. The van der Waals surface area contributed by atoms with Crippen LogP contribution in [0, 0.1) is 0 Å². The van der Waals surface area contributed by atoms with Gasteiger partial charge in [0, 0.05) is 24.8 Å². The van der Waals surface area contributed by atoms with Crippen LogP contribution in [-0.2, 0) is 12.8 Å². The highest BCUT2D eigenvalue weighted by atomic mass is 16.4. The molecule has 0 aromatic carbocycles. The predicted molar refractivity (Wildman–Crippen MR) is 82.1 cm³/mol. The maximum atomic E-state index is 11.6. The van der Waals surface area contributed by atoms with E-state index in [1.807, 2.05) is 6.07 Å². The molecular weight excluding hydrogens is 266 g/mol. The van der Waals surface area contributed by atoms with E-state index in [-0.39, 0.29) is 6.04 Å². The van der Waals surface area contributed by atoms with E-state index < -0.39 is 5.97 Å². The smallest absolute Gasteiger partial charge is 0.339 e. The molecule has 21 heavy (non-hydrogen) atoms. The molecule has 1 aromatic rings. The van der Waals surface area contributed by atoms with Crippen LogP contribution in [0.25, 0.3) is 0 Å². The average Bonchev–Trinajstić information content (AvgIpc) is 2.82. The first-order valence-corrected chi connectivity index (χ1v) is 7.77. The number of hydrogen-bond donors (Lipinski definition) is 1. The molecule has 5 nitrogen and oxygen atoms in total. The number of aromatic carboxylic acids is 1.